The van der Waals surface area contributed by atoms with E-state index in [0.717, 1.165) is 32.1 Å². The predicted molar refractivity (Wildman–Crippen MR) is 123 cm³/mol. The van der Waals surface area contributed by atoms with Gasteiger partial charge in [0.1, 0.15) is 6.04 Å². The Morgan fingerprint density at radius 3 is 2.55 bits per heavy atom. The van der Waals surface area contributed by atoms with E-state index in [1.807, 2.05) is 0 Å². The normalized spacial score (nSPS) is 17.3. The maximum absolute atomic E-state index is 12.8. The molecule has 0 aromatic heterocycles. The van der Waals surface area contributed by atoms with Crippen molar-refractivity contribution in [3.05, 3.63) is 29.3 Å². The number of methoxy groups -OCH3 is 1. The van der Waals surface area contributed by atoms with E-state index >= 15 is 0 Å². The van der Waals surface area contributed by atoms with E-state index in [2.05, 4.69) is 14.8 Å². The molecule has 2 rings (SSSR count). The first-order valence-corrected chi connectivity index (χ1v) is 13.0. The third-order valence-corrected chi connectivity index (χ3v) is 6.90. The molecule has 1 aliphatic rings. The monoisotopic (exact) mass is 504 g/mol. The van der Waals surface area contributed by atoms with Gasteiger partial charge >= 0.3 is 5.97 Å². The number of amides is 1. The summed E-state index contributed by atoms with van der Waals surface area (Å²) >= 11 is 5.84. The summed E-state index contributed by atoms with van der Waals surface area (Å²) in [6, 6.07) is 4.57. The number of carbonyl (C=O) groups excluding carboxylic acids is 2. The molecule has 11 heteroatoms. The molecule has 2 unspecified atom stereocenters. The summed E-state index contributed by atoms with van der Waals surface area (Å²) in [5, 5.41) is 3.17. The fourth-order valence-electron chi connectivity index (χ4n) is 3.26. The maximum Gasteiger partial charge on any atom is 0.305 e. The van der Waals surface area contributed by atoms with Gasteiger partial charge in [0.25, 0.3) is 0 Å². The largest absolute Gasteiger partial charge is 0.469 e. The molecule has 1 heterocycles. The van der Waals surface area contributed by atoms with Gasteiger partial charge in [-0.15, -0.1) is 0 Å². The van der Waals surface area contributed by atoms with Gasteiger partial charge in [0.2, 0.25) is 15.9 Å². The number of halogens is 1. The number of rotatable bonds is 14. The van der Waals surface area contributed by atoms with Crippen LogP contribution in [0.2, 0.25) is 5.02 Å². The summed E-state index contributed by atoms with van der Waals surface area (Å²) in [5.74, 6) is -0.709. The van der Waals surface area contributed by atoms with E-state index < -0.39 is 28.3 Å². The number of sulfonamides is 1. The number of unbranched alkanes of at least 4 members (excludes halogenated alkanes) is 3. The Morgan fingerprint density at radius 2 is 1.88 bits per heavy atom. The van der Waals surface area contributed by atoms with Crippen LogP contribution in [0, 0.1) is 0 Å². The SMILES string of the molecule is COC(=O)CCCCCCNC(=O)C(COC1CCCCO1)NS(=O)(=O)c1ccc(Cl)cc1. The Labute approximate surface area is 200 Å². The lowest BCUT2D eigenvalue weighted by Gasteiger charge is -2.25. The van der Waals surface area contributed by atoms with Gasteiger partial charge in [-0.25, -0.2) is 8.42 Å². The van der Waals surface area contributed by atoms with Gasteiger partial charge in [0, 0.05) is 24.6 Å². The van der Waals surface area contributed by atoms with Crippen molar-refractivity contribution in [2.24, 2.45) is 0 Å². The van der Waals surface area contributed by atoms with Gasteiger partial charge in [-0.2, -0.15) is 4.72 Å². The van der Waals surface area contributed by atoms with Gasteiger partial charge in [0.05, 0.1) is 18.6 Å². The maximum atomic E-state index is 12.8. The molecule has 1 aromatic rings. The van der Waals surface area contributed by atoms with Gasteiger partial charge in [-0.3, -0.25) is 9.59 Å². The average Bonchev–Trinajstić information content (AvgIpc) is 2.81. The smallest absolute Gasteiger partial charge is 0.305 e. The molecule has 9 nitrogen and oxygen atoms in total. The third-order valence-electron chi connectivity index (χ3n) is 5.16. The molecule has 0 spiro atoms. The number of ether oxygens (including phenoxy) is 3. The third kappa shape index (κ3) is 10.4. The molecule has 1 aliphatic heterocycles. The highest BCUT2D eigenvalue weighted by Gasteiger charge is 2.27. The first-order chi connectivity index (χ1) is 15.8. The Bertz CT molecular complexity index is 843. The van der Waals surface area contributed by atoms with Crippen molar-refractivity contribution in [1.29, 1.82) is 0 Å². The molecule has 1 fully saturated rings. The van der Waals surface area contributed by atoms with Crippen molar-refractivity contribution in [3.63, 3.8) is 0 Å². The number of benzene rings is 1. The van der Waals surface area contributed by atoms with Crippen molar-refractivity contribution in [1.82, 2.24) is 10.0 Å². The van der Waals surface area contributed by atoms with Crippen molar-refractivity contribution < 1.29 is 32.2 Å². The molecular formula is C22H33ClN2O7S. The zero-order valence-electron chi connectivity index (χ0n) is 18.9. The Kier molecular flexibility index (Phi) is 12.1. The van der Waals surface area contributed by atoms with Crippen LogP contribution in [0.15, 0.2) is 29.2 Å². The van der Waals surface area contributed by atoms with Crippen molar-refractivity contribution >= 4 is 33.5 Å². The molecule has 0 radical (unpaired) electrons. The molecular weight excluding hydrogens is 472 g/mol. The average molecular weight is 505 g/mol. The van der Waals surface area contributed by atoms with Crippen LogP contribution in [0.1, 0.15) is 51.4 Å². The second-order valence-electron chi connectivity index (χ2n) is 7.79. The van der Waals surface area contributed by atoms with E-state index in [-0.39, 0.29) is 17.5 Å². The first-order valence-electron chi connectivity index (χ1n) is 11.2. The van der Waals surface area contributed by atoms with E-state index in [1.165, 1.54) is 31.4 Å². The van der Waals surface area contributed by atoms with E-state index in [0.29, 0.717) is 37.4 Å². The van der Waals surface area contributed by atoms with Crippen LogP contribution >= 0.6 is 11.6 Å². The standard InChI is InChI=1S/C22H33ClN2O7S/c1-30-20(26)8-4-2-3-6-14-24-22(27)19(16-32-21-9-5-7-15-31-21)25-33(28,29)18-12-10-17(23)11-13-18/h10-13,19,21,25H,2-9,14-16H2,1H3,(H,24,27). The van der Waals surface area contributed by atoms with Crippen molar-refractivity contribution in [2.75, 3.05) is 26.9 Å². The second kappa shape index (κ2) is 14.5. The molecule has 33 heavy (non-hydrogen) atoms. The lowest BCUT2D eigenvalue weighted by Crippen LogP contribution is -2.50. The molecule has 0 bridgehead atoms. The highest BCUT2D eigenvalue weighted by Crippen LogP contribution is 2.16. The summed E-state index contributed by atoms with van der Waals surface area (Å²) in [5.41, 5.74) is 0. The lowest BCUT2D eigenvalue weighted by molar-refractivity contribution is -0.167. The van der Waals surface area contributed by atoms with E-state index in [1.54, 1.807) is 0 Å². The van der Waals surface area contributed by atoms with Crippen LogP contribution in [-0.4, -0.2) is 59.5 Å². The number of hydrogen-bond acceptors (Lipinski definition) is 7. The molecule has 0 aliphatic carbocycles. The minimum absolute atomic E-state index is 0.00391. The summed E-state index contributed by atoms with van der Waals surface area (Å²) in [4.78, 5) is 23.9. The fraction of sp³-hybridized carbons (Fsp3) is 0.636. The highest BCUT2D eigenvalue weighted by molar-refractivity contribution is 7.89. The summed E-state index contributed by atoms with van der Waals surface area (Å²) < 4.78 is 43.8. The van der Waals surface area contributed by atoms with Crippen LogP contribution in [-0.2, 0) is 33.8 Å². The van der Waals surface area contributed by atoms with E-state index in [4.69, 9.17) is 21.1 Å². The van der Waals surface area contributed by atoms with Gasteiger partial charge in [-0.1, -0.05) is 24.4 Å². The second-order valence-corrected chi connectivity index (χ2v) is 9.94. The number of esters is 1. The van der Waals surface area contributed by atoms with Crippen LogP contribution in [0.4, 0.5) is 0 Å². The van der Waals surface area contributed by atoms with E-state index in [9.17, 15) is 18.0 Å². The molecule has 2 atom stereocenters. The molecule has 1 saturated heterocycles. The summed E-state index contributed by atoms with van der Waals surface area (Å²) in [6.45, 7) is 0.812. The summed E-state index contributed by atoms with van der Waals surface area (Å²) in [7, 11) is -2.60. The number of hydrogen-bond donors (Lipinski definition) is 2. The number of carbonyl (C=O) groups is 2. The Hall–Kier alpha value is -1.72. The Balaban J connectivity index is 1.88. The zero-order valence-corrected chi connectivity index (χ0v) is 20.5. The first kappa shape index (κ1) is 27.5. The van der Waals surface area contributed by atoms with Crippen molar-refractivity contribution in [3.8, 4) is 0 Å². The quantitative estimate of drug-likeness (QED) is 0.295. The van der Waals surface area contributed by atoms with Crippen LogP contribution in [0.5, 0.6) is 0 Å². The predicted octanol–water partition coefficient (Wildman–Crippen LogP) is 2.77. The van der Waals surface area contributed by atoms with Crippen molar-refractivity contribution in [2.45, 2.75) is 68.6 Å². The fourth-order valence-corrected chi connectivity index (χ4v) is 4.57. The number of nitrogens with one attached hydrogen (secondary N) is 2. The molecule has 186 valence electrons. The molecule has 2 N–H and O–H groups in total. The topological polar surface area (TPSA) is 120 Å². The van der Waals surface area contributed by atoms with Crippen LogP contribution < -0.4 is 10.0 Å². The van der Waals surface area contributed by atoms with Crippen LogP contribution in [0.3, 0.4) is 0 Å². The minimum Gasteiger partial charge on any atom is -0.469 e. The lowest BCUT2D eigenvalue weighted by atomic mass is 10.1. The van der Waals surface area contributed by atoms with Crippen LogP contribution in [0.25, 0.3) is 0 Å². The summed E-state index contributed by atoms with van der Waals surface area (Å²) in [6.07, 6.45) is 5.60. The van der Waals surface area contributed by atoms with Gasteiger partial charge < -0.3 is 19.5 Å². The van der Waals surface area contributed by atoms with Gasteiger partial charge in [0.15, 0.2) is 6.29 Å². The minimum atomic E-state index is -3.96. The Morgan fingerprint density at radius 1 is 1.15 bits per heavy atom. The molecule has 0 saturated carbocycles. The zero-order chi connectivity index (χ0) is 24.1. The molecule has 1 aromatic carbocycles. The van der Waals surface area contributed by atoms with Gasteiger partial charge in [-0.05, 0) is 56.4 Å². The molecule has 1 amide bonds. The highest BCUT2D eigenvalue weighted by atomic mass is 35.5.